The summed E-state index contributed by atoms with van der Waals surface area (Å²) in [4.78, 5) is 13.3. The Balaban J connectivity index is 1.49. The lowest BCUT2D eigenvalue weighted by Gasteiger charge is -2.21. The fourth-order valence-corrected chi connectivity index (χ4v) is 3.38. The normalized spacial score (nSPS) is 14.0. The number of benzene rings is 2. The van der Waals surface area contributed by atoms with Crippen LogP contribution < -0.4 is 14.8 Å². The summed E-state index contributed by atoms with van der Waals surface area (Å²) >= 11 is 1.69. The van der Waals surface area contributed by atoms with Gasteiger partial charge in [0.05, 0.1) is 6.04 Å². The lowest BCUT2D eigenvalue weighted by atomic mass is 10.1. The van der Waals surface area contributed by atoms with Crippen molar-refractivity contribution in [1.82, 2.24) is 5.32 Å². The zero-order valence-corrected chi connectivity index (χ0v) is 14.5. The molecular weight excluding hydrogens is 322 g/mol. The van der Waals surface area contributed by atoms with Gasteiger partial charge >= 0.3 is 0 Å². The maximum atomic E-state index is 12.1. The first-order chi connectivity index (χ1) is 11.7. The number of fused-ring (bicyclic) bond motifs is 1. The molecular formula is C19H21NO3S. The summed E-state index contributed by atoms with van der Waals surface area (Å²) in [5.74, 6) is 2.34. The van der Waals surface area contributed by atoms with Crippen molar-refractivity contribution in [3.05, 3.63) is 54.1 Å². The lowest BCUT2D eigenvalue weighted by Crippen LogP contribution is -2.27. The molecule has 0 saturated carbocycles. The Kier molecular flexibility index (Phi) is 5.64. The summed E-state index contributed by atoms with van der Waals surface area (Å²) in [6, 6.07) is 15.9. The number of carbonyl (C=O) groups excluding carboxylic acids is 1. The first kappa shape index (κ1) is 16.7. The molecule has 3 rings (SSSR count). The number of ether oxygens (including phenoxy) is 2. The third-order valence-electron chi connectivity index (χ3n) is 3.78. The van der Waals surface area contributed by atoms with E-state index in [2.05, 4.69) is 17.4 Å². The average Bonchev–Trinajstić information content (AvgIpc) is 2.62. The topological polar surface area (TPSA) is 47.6 Å². The van der Waals surface area contributed by atoms with Crippen LogP contribution in [0.1, 0.15) is 24.9 Å². The molecule has 2 aromatic carbocycles. The first-order valence-electron chi connectivity index (χ1n) is 8.09. The number of hydrogen-bond donors (Lipinski definition) is 1. The first-order valence-corrected chi connectivity index (χ1v) is 9.08. The monoisotopic (exact) mass is 343 g/mol. The highest BCUT2D eigenvalue weighted by Gasteiger charge is 2.15. The highest BCUT2D eigenvalue weighted by Crippen LogP contribution is 2.32. The molecule has 4 nitrogen and oxygen atoms in total. The number of carbonyl (C=O) groups is 1. The van der Waals surface area contributed by atoms with Gasteiger partial charge in [-0.2, -0.15) is 0 Å². The van der Waals surface area contributed by atoms with Crippen molar-refractivity contribution >= 4 is 17.7 Å². The van der Waals surface area contributed by atoms with Crippen molar-refractivity contribution in [2.45, 2.75) is 24.3 Å². The van der Waals surface area contributed by atoms with E-state index in [1.54, 1.807) is 11.8 Å². The van der Waals surface area contributed by atoms with Crippen molar-refractivity contribution in [3.63, 3.8) is 0 Å². The molecule has 5 heteroatoms. The van der Waals surface area contributed by atoms with Gasteiger partial charge in [-0.25, -0.2) is 0 Å². The van der Waals surface area contributed by atoms with E-state index < -0.39 is 0 Å². The molecule has 0 spiro atoms. The van der Waals surface area contributed by atoms with Gasteiger partial charge in [0.25, 0.3) is 0 Å². The van der Waals surface area contributed by atoms with Gasteiger partial charge in [-0.05, 0) is 36.8 Å². The van der Waals surface area contributed by atoms with Crippen LogP contribution in [0.5, 0.6) is 11.5 Å². The van der Waals surface area contributed by atoms with Crippen molar-refractivity contribution in [2.24, 2.45) is 0 Å². The number of nitrogens with one attached hydrogen (secondary N) is 1. The zero-order chi connectivity index (χ0) is 16.8. The summed E-state index contributed by atoms with van der Waals surface area (Å²) in [6.07, 6.45) is 0.494. The molecule has 0 aromatic heterocycles. The molecule has 126 valence electrons. The second-order valence-electron chi connectivity index (χ2n) is 5.60. The minimum absolute atomic E-state index is 0.0563. The molecule has 0 bridgehead atoms. The van der Waals surface area contributed by atoms with Crippen LogP contribution in [-0.4, -0.2) is 24.9 Å². The smallest absolute Gasteiger partial charge is 0.221 e. The fourth-order valence-electron chi connectivity index (χ4n) is 2.50. The Morgan fingerprint density at radius 1 is 1.12 bits per heavy atom. The predicted molar refractivity (Wildman–Crippen MR) is 95.8 cm³/mol. The second-order valence-corrected chi connectivity index (χ2v) is 6.77. The van der Waals surface area contributed by atoms with Crippen molar-refractivity contribution in [2.75, 3.05) is 19.0 Å². The SMILES string of the molecule is C[C@@H](NC(=O)CCSc1ccccc1)c1ccc2c(c1)OCCO2. The van der Waals surface area contributed by atoms with Gasteiger partial charge in [-0.1, -0.05) is 24.3 Å². The molecule has 1 heterocycles. The summed E-state index contributed by atoms with van der Waals surface area (Å²) in [7, 11) is 0. The van der Waals surface area contributed by atoms with E-state index >= 15 is 0 Å². The van der Waals surface area contributed by atoms with Crippen LogP contribution in [0.25, 0.3) is 0 Å². The molecule has 0 radical (unpaired) electrons. The molecule has 1 amide bonds. The highest BCUT2D eigenvalue weighted by molar-refractivity contribution is 7.99. The third-order valence-corrected chi connectivity index (χ3v) is 4.80. The Morgan fingerprint density at radius 3 is 2.67 bits per heavy atom. The van der Waals surface area contributed by atoms with Gasteiger partial charge in [-0.3, -0.25) is 4.79 Å². The van der Waals surface area contributed by atoms with Crippen LogP contribution in [0.3, 0.4) is 0 Å². The van der Waals surface area contributed by atoms with Gasteiger partial charge < -0.3 is 14.8 Å². The standard InChI is InChI=1S/C19H21NO3S/c1-14(15-7-8-17-18(13-15)23-11-10-22-17)20-19(21)9-12-24-16-5-3-2-4-6-16/h2-8,13-14H,9-12H2,1H3,(H,20,21)/t14-/m1/s1. The van der Waals surface area contributed by atoms with Gasteiger partial charge in [0.15, 0.2) is 11.5 Å². The van der Waals surface area contributed by atoms with E-state index in [1.165, 1.54) is 4.90 Å². The van der Waals surface area contributed by atoms with Crippen LogP contribution in [-0.2, 0) is 4.79 Å². The van der Waals surface area contributed by atoms with Crippen molar-refractivity contribution in [3.8, 4) is 11.5 Å². The highest BCUT2D eigenvalue weighted by atomic mass is 32.2. The Bertz CT molecular complexity index is 690. The van der Waals surface area contributed by atoms with Gasteiger partial charge in [0.2, 0.25) is 5.91 Å². The number of thioether (sulfide) groups is 1. The molecule has 1 aliphatic rings. The molecule has 0 unspecified atom stereocenters. The van der Waals surface area contributed by atoms with E-state index in [1.807, 2.05) is 43.3 Å². The van der Waals surface area contributed by atoms with Gasteiger partial charge in [-0.15, -0.1) is 11.8 Å². The van der Waals surface area contributed by atoms with E-state index in [0.29, 0.717) is 19.6 Å². The van der Waals surface area contributed by atoms with E-state index in [9.17, 15) is 4.79 Å². The molecule has 1 atom stereocenters. The minimum atomic E-state index is -0.0601. The van der Waals surface area contributed by atoms with Crippen LogP contribution >= 0.6 is 11.8 Å². The van der Waals surface area contributed by atoms with Gasteiger partial charge in [0, 0.05) is 17.1 Å². The van der Waals surface area contributed by atoms with Crippen molar-refractivity contribution in [1.29, 1.82) is 0 Å². The summed E-state index contributed by atoms with van der Waals surface area (Å²) in [5.41, 5.74) is 1.02. The Morgan fingerprint density at radius 2 is 1.88 bits per heavy atom. The molecule has 1 N–H and O–H groups in total. The molecule has 0 saturated heterocycles. The van der Waals surface area contributed by atoms with Crippen LogP contribution in [0.4, 0.5) is 0 Å². The largest absolute Gasteiger partial charge is 0.486 e. The molecule has 2 aromatic rings. The summed E-state index contributed by atoms with van der Waals surface area (Å²) in [5, 5.41) is 3.04. The van der Waals surface area contributed by atoms with Crippen molar-refractivity contribution < 1.29 is 14.3 Å². The van der Waals surface area contributed by atoms with Crippen LogP contribution in [0, 0.1) is 0 Å². The minimum Gasteiger partial charge on any atom is -0.486 e. The zero-order valence-electron chi connectivity index (χ0n) is 13.7. The van der Waals surface area contributed by atoms with E-state index in [4.69, 9.17) is 9.47 Å². The lowest BCUT2D eigenvalue weighted by molar-refractivity contribution is -0.121. The molecule has 1 aliphatic heterocycles. The average molecular weight is 343 g/mol. The quantitative estimate of drug-likeness (QED) is 0.810. The van der Waals surface area contributed by atoms with Crippen LogP contribution in [0.2, 0.25) is 0 Å². The predicted octanol–water partition coefficient (Wildman–Crippen LogP) is 3.82. The van der Waals surface area contributed by atoms with Crippen LogP contribution in [0.15, 0.2) is 53.4 Å². The van der Waals surface area contributed by atoms with E-state index in [0.717, 1.165) is 22.8 Å². The molecule has 0 fully saturated rings. The van der Waals surface area contributed by atoms with Gasteiger partial charge in [0.1, 0.15) is 13.2 Å². The second kappa shape index (κ2) is 8.11. The molecule has 24 heavy (non-hydrogen) atoms. The fraction of sp³-hybridized carbons (Fsp3) is 0.316. The maximum absolute atomic E-state index is 12.1. The molecule has 0 aliphatic carbocycles. The summed E-state index contributed by atoms with van der Waals surface area (Å²) < 4.78 is 11.1. The Labute approximate surface area is 146 Å². The number of amides is 1. The van der Waals surface area contributed by atoms with E-state index in [-0.39, 0.29) is 11.9 Å². The number of hydrogen-bond acceptors (Lipinski definition) is 4. The maximum Gasteiger partial charge on any atom is 0.221 e. The Hall–Kier alpha value is -2.14. The number of rotatable bonds is 6. The summed E-state index contributed by atoms with van der Waals surface area (Å²) in [6.45, 7) is 3.12. The third kappa shape index (κ3) is 4.45.